The fourth-order valence-electron chi connectivity index (χ4n) is 2.58. The second-order valence-electron chi connectivity index (χ2n) is 6.17. The van der Waals surface area contributed by atoms with Gasteiger partial charge in [-0.2, -0.15) is 10.2 Å². The van der Waals surface area contributed by atoms with Crippen LogP contribution in [0.25, 0.3) is 5.82 Å². The molecule has 3 aromatic rings. The van der Waals surface area contributed by atoms with Crippen molar-refractivity contribution in [2.24, 2.45) is 5.10 Å². The molecule has 128 valence electrons. The lowest BCUT2D eigenvalue weighted by Gasteiger charge is -2.08. The molecule has 2 heterocycles. The summed E-state index contributed by atoms with van der Waals surface area (Å²) in [4.78, 5) is 8.88. The zero-order valence-electron chi connectivity index (χ0n) is 15.2. The lowest BCUT2D eigenvalue weighted by molar-refractivity contribution is 0.793. The quantitative estimate of drug-likeness (QED) is 0.583. The largest absolute Gasteiger partial charge is 0.261 e. The highest BCUT2D eigenvalue weighted by Crippen LogP contribution is 2.14. The fraction of sp³-hybridized carbons (Fsp3) is 0.263. The summed E-state index contributed by atoms with van der Waals surface area (Å²) in [6, 6.07) is 12.1. The Hall–Kier alpha value is -3.02. The molecule has 0 bridgehead atoms. The number of aryl methyl sites for hydroxylation is 4. The molecule has 3 rings (SSSR count). The maximum atomic E-state index is 4.48. The Morgan fingerprint density at radius 1 is 1.00 bits per heavy atom. The average Bonchev–Trinajstić information content (AvgIpc) is 2.91. The fourth-order valence-corrected chi connectivity index (χ4v) is 2.58. The molecule has 0 spiro atoms. The number of hydrogen-bond donors (Lipinski definition) is 1. The van der Waals surface area contributed by atoms with Crippen molar-refractivity contribution in [3.05, 3.63) is 64.7 Å². The van der Waals surface area contributed by atoms with Crippen LogP contribution in [-0.2, 0) is 0 Å². The number of benzene rings is 1. The van der Waals surface area contributed by atoms with Crippen LogP contribution in [-0.4, -0.2) is 25.5 Å². The first-order valence-electron chi connectivity index (χ1n) is 8.19. The molecular formula is C19H22N6. The highest BCUT2D eigenvalue weighted by atomic mass is 15.3. The Bertz CT molecular complexity index is 922. The van der Waals surface area contributed by atoms with E-state index in [-0.39, 0.29) is 0 Å². The molecule has 0 fully saturated rings. The number of aromatic nitrogens is 4. The smallest absolute Gasteiger partial charge is 0.159 e. The summed E-state index contributed by atoms with van der Waals surface area (Å²) in [5.41, 5.74) is 8.21. The van der Waals surface area contributed by atoms with Crippen LogP contribution >= 0.6 is 0 Å². The Morgan fingerprint density at radius 2 is 1.72 bits per heavy atom. The van der Waals surface area contributed by atoms with Gasteiger partial charge < -0.3 is 0 Å². The van der Waals surface area contributed by atoms with Crippen LogP contribution in [0.4, 0.5) is 5.82 Å². The molecule has 25 heavy (non-hydrogen) atoms. The summed E-state index contributed by atoms with van der Waals surface area (Å²) < 4.78 is 1.81. The van der Waals surface area contributed by atoms with Crippen molar-refractivity contribution in [2.75, 3.05) is 5.43 Å². The van der Waals surface area contributed by atoms with Gasteiger partial charge in [0.25, 0.3) is 0 Å². The van der Waals surface area contributed by atoms with Crippen molar-refractivity contribution in [1.29, 1.82) is 0 Å². The van der Waals surface area contributed by atoms with Gasteiger partial charge in [-0.05, 0) is 46.2 Å². The SMILES string of the molecule is C/C(=N\Nc1cc(-n2nc(C)cc2C)nc(C)n1)c1ccc(C)cc1. The molecule has 0 atom stereocenters. The number of hydrazone groups is 1. The van der Waals surface area contributed by atoms with E-state index in [9.17, 15) is 0 Å². The van der Waals surface area contributed by atoms with Gasteiger partial charge >= 0.3 is 0 Å². The minimum absolute atomic E-state index is 0.640. The summed E-state index contributed by atoms with van der Waals surface area (Å²) in [6.07, 6.45) is 0. The van der Waals surface area contributed by atoms with Crippen molar-refractivity contribution < 1.29 is 0 Å². The first-order chi connectivity index (χ1) is 11.9. The number of hydrogen-bond acceptors (Lipinski definition) is 5. The van der Waals surface area contributed by atoms with Crippen LogP contribution in [0.1, 0.15) is 35.3 Å². The standard InChI is InChI=1S/C19H22N6/c1-12-6-8-17(9-7-12)15(4)22-23-18-11-19(21-16(5)20-18)25-14(3)10-13(2)24-25/h6-11H,1-5H3,(H,20,21,23)/b22-15+. The maximum absolute atomic E-state index is 4.48. The van der Waals surface area contributed by atoms with E-state index in [1.807, 2.05) is 44.5 Å². The third-order valence-corrected chi connectivity index (χ3v) is 3.86. The summed E-state index contributed by atoms with van der Waals surface area (Å²) in [7, 11) is 0. The molecule has 0 amide bonds. The van der Waals surface area contributed by atoms with E-state index in [1.54, 1.807) is 0 Å². The Balaban J connectivity index is 1.87. The van der Waals surface area contributed by atoms with Crippen LogP contribution in [0.3, 0.4) is 0 Å². The molecule has 0 aliphatic carbocycles. The third kappa shape index (κ3) is 3.91. The lowest BCUT2D eigenvalue weighted by atomic mass is 10.1. The number of nitrogens with one attached hydrogen (secondary N) is 1. The van der Waals surface area contributed by atoms with Gasteiger partial charge in [0.2, 0.25) is 0 Å². The third-order valence-electron chi connectivity index (χ3n) is 3.86. The minimum Gasteiger partial charge on any atom is -0.261 e. The van der Waals surface area contributed by atoms with E-state index < -0.39 is 0 Å². The molecule has 0 saturated carbocycles. The van der Waals surface area contributed by atoms with E-state index >= 15 is 0 Å². The predicted molar refractivity (Wildman–Crippen MR) is 100 cm³/mol. The highest BCUT2D eigenvalue weighted by Gasteiger charge is 2.08. The summed E-state index contributed by atoms with van der Waals surface area (Å²) in [5, 5.41) is 8.92. The van der Waals surface area contributed by atoms with Gasteiger partial charge in [0.05, 0.1) is 11.4 Å². The molecule has 6 heteroatoms. The van der Waals surface area contributed by atoms with Crippen molar-refractivity contribution in [2.45, 2.75) is 34.6 Å². The van der Waals surface area contributed by atoms with Crippen LogP contribution < -0.4 is 5.43 Å². The van der Waals surface area contributed by atoms with Crippen molar-refractivity contribution >= 4 is 11.5 Å². The first-order valence-corrected chi connectivity index (χ1v) is 8.19. The van der Waals surface area contributed by atoms with Crippen LogP contribution in [0.2, 0.25) is 0 Å². The predicted octanol–water partition coefficient (Wildman–Crippen LogP) is 3.73. The van der Waals surface area contributed by atoms with Gasteiger partial charge in [-0.25, -0.2) is 14.6 Å². The minimum atomic E-state index is 0.640. The van der Waals surface area contributed by atoms with Gasteiger partial charge in [0, 0.05) is 11.8 Å². The normalized spacial score (nSPS) is 11.6. The molecule has 0 unspecified atom stereocenters. The number of rotatable bonds is 4. The average molecular weight is 334 g/mol. The van der Waals surface area contributed by atoms with Gasteiger partial charge in [0.1, 0.15) is 5.82 Å². The van der Waals surface area contributed by atoms with E-state index in [0.29, 0.717) is 11.6 Å². The molecule has 0 aliphatic rings. The number of nitrogens with zero attached hydrogens (tertiary/aromatic N) is 5. The van der Waals surface area contributed by atoms with Gasteiger partial charge in [0.15, 0.2) is 11.6 Å². The molecule has 0 saturated heterocycles. The monoisotopic (exact) mass is 334 g/mol. The molecule has 0 radical (unpaired) electrons. The molecule has 2 aromatic heterocycles. The van der Waals surface area contributed by atoms with Crippen LogP contribution in [0.5, 0.6) is 0 Å². The highest BCUT2D eigenvalue weighted by molar-refractivity contribution is 5.99. The van der Waals surface area contributed by atoms with Crippen molar-refractivity contribution in [3.8, 4) is 5.82 Å². The van der Waals surface area contributed by atoms with Gasteiger partial charge in [-0.1, -0.05) is 29.8 Å². The zero-order chi connectivity index (χ0) is 18.0. The van der Waals surface area contributed by atoms with E-state index in [1.165, 1.54) is 5.56 Å². The summed E-state index contributed by atoms with van der Waals surface area (Å²) in [6.45, 7) is 9.86. The second kappa shape index (κ2) is 6.84. The molecule has 1 aromatic carbocycles. The molecule has 1 N–H and O–H groups in total. The van der Waals surface area contributed by atoms with Gasteiger partial charge in [-0.15, -0.1) is 0 Å². The Kier molecular flexibility index (Phi) is 4.61. The van der Waals surface area contributed by atoms with Gasteiger partial charge in [-0.3, -0.25) is 5.43 Å². The Labute approximate surface area is 147 Å². The number of anilines is 1. The van der Waals surface area contributed by atoms with Crippen molar-refractivity contribution in [3.63, 3.8) is 0 Å². The van der Waals surface area contributed by atoms with E-state index in [4.69, 9.17) is 0 Å². The lowest BCUT2D eigenvalue weighted by Crippen LogP contribution is -2.07. The topological polar surface area (TPSA) is 68.0 Å². The molecule has 6 nitrogen and oxygen atoms in total. The van der Waals surface area contributed by atoms with E-state index in [0.717, 1.165) is 28.5 Å². The van der Waals surface area contributed by atoms with Crippen molar-refractivity contribution in [1.82, 2.24) is 19.7 Å². The first kappa shape index (κ1) is 16.8. The molecule has 0 aliphatic heterocycles. The van der Waals surface area contributed by atoms with Crippen LogP contribution in [0, 0.1) is 27.7 Å². The Morgan fingerprint density at radius 3 is 2.36 bits per heavy atom. The van der Waals surface area contributed by atoms with Crippen LogP contribution in [0.15, 0.2) is 41.5 Å². The maximum Gasteiger partial charge on any atom is 0.159 e. The molecular weight excluding hydrogens is 312 g/mol. The zero-order valence-corrected chi connectivity index (χ0v) is 15.2. The second-order valence-corrected chi connectivity index (χ2v) is 6.17. The van der Waals surface area contributed by atoms with E-state index in [2.05, 4.69) is 56.8 Å². The summed E-state index contributed by atoms with van der Waals surface area (Å²) >= 11 is 0. The summed E-state index contributed by atoms with van der Waals surface area (Å²) in [5.74, 6) is 2.03.